The highest BCUT2D eigenvalue weighted by Crippen LogP contribution is 2.32. The largest absolute Gasteiger partial charge is 0.335 e. The summed E-state index contributed by atoms with van der Waals surface area (Å²) in [4.78, 5) is 34.1. The highest BCUT2D eigenvalue weighted by molar-refractivity contribution is 8.13. The third-order valence-electron chi connectivity index (χ3n) is 5.31. The van der Waals surface area contributed by atoms with E-state index in [1.807, 2.05) is 0 Å². The molecule has 6 nitrogen and oxygen atoms in total. The molecule has 0 aliphatic carbocycles. The number of amidine groups is 1. The Morgan fingerprint density at radius 1 is 1.07 bits per heavy atom. The van der Waals surface area contributed by atoms with Crippen molar-refractivity contribution in [3.8, 4) is 0 Å². The second-order valence-electron chi connectivity index (χ2n) is 7.55. The standard InChI is InChI=1S/C21H30N4O2S/c1-4-5-6-7-8-9-14-25-17-18(24(3)20(27)23-19(17)26)22-21(25)28-16-12-10-15(2)11-13-16/h10-13,17-18H,4-9,14H2,1-3H3,(H,23,26,27). The molecule has 152 valence electrons. The number of amides is 3. The van der Waals surface area contributed by atoms with Gasteiger partial charge < -0.3 is 9.80 Å². The molecule has 2 unspecified atom stereocenters. The number of aliphatic imine (C=N–C) groups is 1. The molecular formula is C21H30N4O2S. The number of rotatable bonds is 8. The molecule has 0 aromatic heterocycles. The highest BCUT2D eigenvalue weighted by Gasteiger charge is 2.48. The number of nitrogens with zero attached hydrogens (tertiary/aromatic N) is 3. The number of hydrogen-bond donors (Lipinski definition) is 1. The number of aryl methyl sites for hydroxylation is 1. The fraction of sp³-hybridized carbons (Fsp3) is 0.571. The Kier molecular flexibility index (Phi) is 6.99. The van der Waals surface area contributed by atoms with Gasteiger partial charge >= 0.3 is 6.03 Å². The van der Waals surface area contributed by atoms with Gasteiger partial charge in [0.2, 0.25) is 0 Å². The molecule has 0 spiro atoms. The van der Waals surface area contributed by atoms with Crippen LogP contribution < -0.4 is 5.32 Å². The Balaban J connectivity index is 1.72. The van der Waals surface area contributed by atoms with Gasteiger partial charge in [0.15, 0.2) is 17.4 Å². The number of urea groups is 1. The monoisotopic (exact) mass is 402 g/mol. The normalized spacial score (nSPS) is 21.6. The molecule has 1 saturated heterocycles. The summed E-state index contributed by atoms with van der Waals surface area (Å²) in [6, 6.07) is 7.48. The molecule has 0 bridgehead atoms. The van der Waals surface area contributed by atoms with Crippen LogP contribution in [0.2, 0.25) is 0 Å². The third-order valence-corrected chi connectivity index (χ3v) is 6.34. The fourth-order valence-corrected chi connectivity index (χ4v) is 4.56. The van der Waals surface area contributed by atoms with Crippen LogP contribution in [0, 0.1) is 6.92 Å². The molecule has 0 radical (unpaired) electrons. The van der Waals surface area contributed by atoms with Crippen LogP contribution in [0.3, 0.4) is 0 Å². The van der Waals surface area contributed by atoms with Crippen LogP contribution in [0.1, 0.15) is 51.0 Å². The SMILES string of the molecule is CCCCCCCCN1C(Sc2ccc(C)cc2)=NC2C1C(=O)NC(=O)N2C. The maximum Gasteiger partial charge on any atom is 0.325 e. The van der Waals surface area contributed by atoms with Crippen LogP contribution in [0.15, 0.2) is 34.2 Å². The number of fused-ring (bicyclic) bond motifs is 1. The van der Waals surface area contributed by atoms with Crippen molar-refractivity contribution < 1.29 is 9.59 Å². The first-order valence-electron chi connectivity index (χ1n) is 10.2. The van der Waals surface area contributed by atoms with Crippen molar-refractivity contribution in [1.82, 2.24) is 15.1 Å². The van der Waals surface area contributed by atoms with Crippen molar-refractivity contribution in [2.24, 2.45) is 4.99 Å². The number of likely N-dealkylation sites (N-methyl/N-ethyl adjacent to an activating group) is 1. The van der Waals surface area contributed by atoms with Crippen molar-refractivity contribution >= 4 is 28.9 Å². The average molecular weight is 403 g/mol. The van der Waals surface area contributed by atoms with Gasteiger partial charge in [-0.15, -0.1) is 0 Å². The minimum Gasteiger partial charge on any atom is -0.335 e. The van der Waals surface area contributed by atoms with Crippen molar-refractivity contribution in [3.05, 3.63) is 29.8 Å². The molecule has 3 rings (SSSR count). The zero-order chi connectivity index (χ0) is 20.1. The van der Waals surface area contributed by atoms with Gasteiger partial charge in [-0.1, -0.05) is 68.5 Å². The number of unbranched alkanes of at least 4 members (excludes halogenated alkanes) is 5. The summed E-state index contributed by atoms with van der Waals surface area (Å²) in [5.74, 6) is -0.248. The van der Waals surface area contributed by atoms with Gasteiger partial charge in [0, 0.05) is 18.5 Å². The lowest BCUT2D eigenvalue weighted by molar-refractivity contribution is -0.127. The van der Waals surface area contributed by atoms with Gasteiger partial charge in [-0.05, 0) is 25.5 Å². The average Bonchev–Trinajstić information content (AvgIpc) is 3.03. The quantitative estimate of drug-likeness (QED) is 0.668. The summed E-state index contributed by atoms with van der Waals surface area (Å²) in [5, 5.41) is 3.29. The smallest absolute Gasteiger partial charge is 0.325 e. The summed E-state index contributed by atoms with van der Waals surface area (Å²) in [6.07, 6.45) is 6.71. The van der Waals surface area contributed by atoms with E-state index in [4.69, 9.17) is 4.99 Å². The van der Waals surface area contributed by atoms with E-state index in [1.54, 1.807) is 18.8 Å². The summed E-state index contributed by atoms with van der Waals surface area (Å²) in [5.41, 5.74) is 1.21. The van der Waals surface area contributed by atoms with Crippen LogP contribution in [0.5, 0.6) is 0 Å². The molecular weight excluding hydrogens is 372 g/mol. The minimum absolute atomic E-state index is 0.248. The second-order valence-corrected chi connectivity index (χ2v) is 8.59. The fourth-order valence-electron chi connectivity index (χ4n) is 3.59. The molecule has 1 aromatic rings. The lowest BCUT2D eigenvalue weighted by atomic mass is 10.1. The molecule has 2 aliphatic heterocycles. The first-order chi connectivity index (χ1) is 13.5. The van der Waals surface area contributed by atoms with E-state index in [2.05, 4.69) is 48.3 Å². The number of carbonyl (C=O) groups is 2. The summed E-state index contributed by atoms with van der Waals surface area (Å²) in [7, 11) is 1.70. The summed E-state index contributed by atoms with van der Waals surface area (Å²) < 4.78 is 0. The van der Waals surface area contributed by atoms with Crippen molar-refractivity contribution in [3.63, 3.8) is 0 Å². The second kappa shape index (κ2) is 9.45. The molecule has 1 aromatic carbocycles. The number of hydrogen-bond acceptors (Lipinski definition) is 5. The van der Waals surface area contributed by atoms with Gasteiger partial charge in [-0.3, -0.25) is 10.1 Å². The molecule has 2 heterocycles. The lowest BCUT2D eigenvalue weighted by Gasteiger charge is -2.36. The number of thioether (sulfide) groups is 1. The topological polar surface area (TPSA) is 65.0 Å². The zero-order valence-corrected chi connectivity index (χ0v) is 17.8. The number of nitrogens with one attached hydrogen (secondary N) is 1. The van der Waals surface area contributed by atoms with Crippen molar-refractivity contribution in [1.29, 1.82) is 0 Å². The molecule has 7 heteroatoms. The molecule has 2 atom stereocenters. The Morgan fingerprint density at radius 3 is 2.46 bits per heavy atom. The number of benzene rings is 1. The molecule has 1 N–H and O–H groups in total. The van der Waals surface area contributed by atoms with E-state index in [9.17, 15) is 9.59 Å². The van der Waals surface area contributed by atoms with E-state index in [1.165, 1.54) is 36.1 Å². The molecule has 0 saturated carbocycles. The van der Waals surface area contributed by atoms with Gasteiger partial charge in [0.25, 0.3) is 5.91 Å². The molecule has 1 fully saturated rings. The first-order valence-corrected chi connectivity index (χ1v) is 11.0. The third kappa shape index (κ3) is 4.69. The predicted molar refractivity (Wildman–Crippen MR) is 113 cm³/mol. The number of carbonyl (C=O) groups excluding carboxylic acids is 2. The maximum absolute atomic E-state index is 12.6. The van der Waals surface area contributed by atoms with Crippen LogP contribution in [-0.2, 0) is 4.79 Å². The first kappa shape index (κ1) is 20.7. The Bertz CT molecular complexity index is 734. The van der Waals surface area contributed by atoms with Crippen LogP contribution in [0.25, 0.3) is 0 Å². The van der Waals surface area contributed by atoms with Gasteiger partial charge in [-0.2, -0.15) is 0 Å². The molecule has 2 aliphatic rings. The van der Waals surface area contributed by atoms with Crippen LogP contribution >= 0.6 is 11.8 Å². The van der Waals surface area contributed by atoms with Gasteiger partial charge in [0.1, 0.15) is 0 Å². The maximum atomic E-state index is 12.6. The summed E-state index contributed by atoms with van der Waals surface area (Å²) in [6.45, 7) is 5.06. The van der Waals surface area contributed by atoms with Gasteiger partial charge in [0.05, 0.1) is 0 Å². The Labute approximate surface area is 171 Å². The van der Waals surface area contributed by atoms with E-state index >= 15 is 0 Å². The van der Waals surface area contributed by atoms with E-state index in [0.717, 1.165) is 29.4 Å². The lowest BCUT2D eigenvalue weighted by Crippen LogP contribution is -2.63. The minimum atomic E-state index is -0.450. The van der Waals surface area contributed by atoms with E-state index in [-0.39, 0.29) is 11.9 Å². The van der Waals surface area contributed by atoms with Crippen molar-refractivity contribution in [2.45, 2.75) is 69.5 Å². The zero-order valence-electron chi connectivity index (χ0n) is 17.0. The van der Waals surface area contributed by atoms with Crippen molar-refractivity contribution in [2.75, 3.05) is 13.6 Å². The molecule has 3 amide bonds. The number of imide groups is 1. The summed E-state index contributed by atoms with van der Waals surface area (Å²) >= 11 is 1.57. The van der Waals surface area contributed by atoms with Crippen LogP contribution in [-0.4, -0.2) is 52.7 Å². The predicted octanol–water partition coefficient (Wildman–Crippen LogP) is 4.00. The van der Waals surface area contributed by atoms with E-state index < -0.39 is 12.2 Å². The van der Waals surface area contributed by atoms with E-state index in [0.29, 0.717) is 0 Å². The Morgan fingerprint density at radius 2 is 1.75 bits per heavy atom. The van der Waals surface area contributed by atoms with Crippen LogP contribution in [0.4, 0.5) is 4.79 Å². The molecule has 28 heavy (non-hydrogen) atoms. The highest BCUT2D eigenvalue weighted by atomic mass is 32.2. The van der Waals surface area contributed by atoms with Gasteiger partial charge in [-0.25, -0.2) is 9.79 Å². The Hall–Kier alpha value is -2.02.